The van der Waals surface area contributed by atoms with Gasteiger partial charge >= 0.3 is 6.18 Å². The SMILES string of the molecule is CNCC(C)C(=O)Nc1cc(C(F)(F)F)ccc1N1CCCCC1.Cl.Cl. The van der Waals surface area contributed by atoms with E-state index < -0.39 is 11.7 Å². The number of anilines is 2. The van der Waals surface area contributed by atoms with Gasteiger partial charge in [0.2, 0.25) is 5.91 Å². The van der Waals surface area contributed by atoms with Crippen LogP contribution in [-0.4, -0.2) is 32.6 Å². The molecule has 1 saturated heterocycles. The van der Waals surface area contributed by atoms with Crippen molar-refractivity contribution >= 4 is 42.1 Å². The van der Waals surface area contributed by atoms with Crippen molar-refractivity contribution in [2.45, 2.75) is 32.4 Å². The number of alkyl halides is 3. The van der Waals surface area contributed by atoms with Gasteiger partial charge in [0.05, 0.1) is 16.9 Å². The smallest absolute Gasteiger partial charge is 0.370 e. The van der Waals surface area contributed by atoms with Crippen molar-refractivity contribution in [2.24, 2.45) is 5.92 Å². The molecule has 4 nitrogen and oxygen atoms in total. The molecule has 1 aliphatic rings. The normalized spacial score (nSPS) is 15.5. The second-order valence-corrected chi connectivity index (χ2v) is 6.23. The minimum Gasteiger partial charge on any atom is -0.370 e. The van der Waals surface area contributed by atoms with Crippen LogP contribution in [0.15, 0.2) is 18.2 Å². The van der Waals surface area contributed by atoms with Gasteiger partial charge in [0, 0.05) is 25.6 Å². The third-order valence-electron chi connectivity index (χ3n) is 4.24. The van der Waals surface area contributed by atoms with Gasteiger partial charge < -0.3 is 15.5 Å². The third-order valence-corrected chi connectivity index (χ3v) is 4.24. The summed E-state index contributed by atoms with van der Waals surface area (Å²) in [6.07, 6.45) is -1.30. The molecule has 1 atom stereocenters. The molecule has 9 heteroatoms. The number of hydrogen-bond acceptors (Lipinski definition) is 3. The van der Waals surface area contributed by atoms with Gasteiger partial charge in [0.1, 0.15) is 0 Å². The first kappa shape index (κ1) is 24.8. The minimum atomic E-state index is -4.43. The van der Waals surface area contributed by atoms with Crippen LogP contribution in [0.4, 0.5) is 24.5 Å². The first-order chi connectivity index (χ1) is 11.3. The average Bonchev–Trinajstić information content (AvgIpc) is 2.55. The van der Waals surface area contributed by atoms with Gasteiger partial charge in [-0.05, 0) is 44.5 Å². The summed E-state index contributed by atoms with van der Waals surface area (Å²) in [5.74, 6) is -0.624. The number of amides is 1. The van der Waals surface area contributed by atoms with E-state index in [1.165, 1.54) is 6.07 Å². The number of piperidine rings is 1. The lowest BCUT2D eigenvalue weighted by Gasteiger charge is -2.31. The summed E-state index contributed by atoms with van der Waals surface area (Å²) in [6, 6.07) is 3.58. The number of carbonyl (C=O) groups is 1. The van der Waals surface area contributed by atoms with Crippen molar-refractivity contribution in [1.29, 1.82) is 0 Å². The molecule has 1 aliphatic heterocycles. The van der Waals surface area contributed by atoms with Crippen LogP contribution in [0.2, 0.25) is 0 Å². The lowest BCUT2D eigenvalue weighted by molar-refractivity contribution is -0.137. The number of halogens is 5. The molecule has 0 aliphatic carbocycles. The number of carbonyl (C=O) groups excluding carboxylic acids is 1. The number of nitrogens with zero attached hydrogens (tertiary/aromatic N) is 1. The Labute approximate surface area is 164 Å². The highest BCUT2D eigenvalue weighted by Gasteiger charge is 2.32. The van der Waals surface area contributed by atoms with Crippen LogP contribution in [-0.2, 0) is 11.0 Å². The molecule has 2 N–H and O–H groups in total. The van der Waals surface area contributed by atoms with E-state index in [-0.39, 0.29) is 42.3 Å². The van der Waals surface area contributed by atoms with E-state index in [9.17, 15) is 18.0 Å². The van der Waals surface area contributed by atoms with Gasteiger partial charge in [0.15, 0.2) is 0 Å². The first-order valence-corrected chi connectivity index (χ1v) is 8.24. The highest BCUT2D eigenvalue weighted by atomic mass is 35.5. The molecule has 1 amide bonds. The number of benzene rings is 1. The van der Waals surface area contributed by atoms with Crippen LogP contribution in [0.3, 0.4) is 0 Å². The molecule has 150 valence electrons. The predicted octanol–water partition coefficient (Wildman–Crippen LogP) is 4.33. The Hall–Kier alpha value is -1.18. The molecule has 2 rings (SSSR count). The van der Waals surface area contributed by atoms with Crippen LogP contribution in [0.25, 0.3) is 0 Å². The highest BCUT2D eigenvalue weighted by Crippen LogP contribution is 2.36. The average molecular weight is 416 g/mol. The molecule has 1 aromatic rings. The lowest BCUT2D eigenvalue weighted by atomic mass is 10.1. The molecule has 0 aromatic heterocycles. The second-order valence-electron chi connectivity index (χ2n) is 6.23. The zero-order chi connectivity index (χ0) is 17.7. The van der Waals surface area contributed by atoms with E-state index in [4.69, 9.17) is 0 Å². The fraction of sp³-hybridized carbons (Fsp3) is 0.588. The molecule has 1 aromatic carbocycles. The Morgan fingerprint density at radius 1 is 1.19 bits per heavy atom. The van der Waals surface area contributed by atoms with Gasteiger partial charge in [-0.3, -0.25) is 4.79 Å². The Balaban J connectivity index is 0.00000312. The van der Waals surface area contributed by atoms with Crippen LogP contribution in [0.1, 0.15) is 31.7 Å². The van der Waals surface area contributed by atoms with Crippen molar-refractivity contribution in [3.63, 3.8) is 0 Å². The van der Waals surface area contributed by atoms with Gasteiger partial charge in [-0.15, -0.1) is 24.8 Å². The molecular formula is C17H26Cl2F3N3O. The minimum absolute atomic E-state index is 0. The fourth-order valence-corrected chi connectivity index (χ4v) is 2.88. The second kappa shape index (κ2) is 10.8. The maximum absolute atomic E-state index is 13.0. The van der Waals surface area contributed by atoms with E-state index in [0.717, 1.165) is 44.5 Å². The summed E-state index contributed by atoms with van der Waals surface area (Å²) in [5.41, 5.74) is 0.146. The maximum atomic E-state index is 13.0. The van der Waals surface area contributed by atoms with Crippen LogP contribution < -0.4 is 15.5 Å². The summed E-state index contributed by atoms with van der Waals surface area (Å²) in [4.78, 5) is 14.3. The maximum Gasteiger partial charge on any atom is 0.416 e. The van der Waals surface area contributed by atoms with E-state index in [1.807, 2.05) is 4.90 Å². The number of hydrogen-bond donors (Lipinski definition) is 2. The molecule has 1 unspecified atom stereocenters. The van der Waals surface area contributed by atoms with E-state index in [2.05, 4.69) is 10.6 Å². The van der Waals surface area contributed by atoms with Crippen molar-refractivity contribution in [3.8, 4) is 0 Å². The quantitative estimate of drug-likeness (QED) is 0.751. The summed E-state index contributed by atoms with van der Waals surface area (Å²) in [6.45, 7) is 3.78. The number of nitrogens with one attached hydrogen (secondary N) is 2. The molecule has 26 heavy (non-hydrogen) atoms. The Morgan fingerprint density at radius 2 is 1.81 bits per heavy atom. The van der Waals surface area contributed by atoms with Crippen LogP contribution in [0, 0.1) is 5.92 Å². The molecule has 0 radical (unpaired) electrons. The van der Waals surface area contributed by atoms with Crippen LogP contribution >= 0.6 is 24.8 Å². The topological polar surface area (TPSA) is 44.4 Å². The van der Waals surface area contributed by atoms with Gasteiger partial charge in [-0.25, -0.2) is 0 Å². The Bertz CT molecular complexity index is 579. The van der Waals surface area contributed by atoms with E-state index in [1.54, 1.807) is 14.0 Å². The molecule has 0 bridgehead atoms. The number of rotatable bonds is 5. The van der Waals surface area contributed by atoms with Crippen molar-refractivity contribution in [2.75, 3.05) is 36.9 Å². The standard InChI is InChI=1S/C17H24F3N3O.2ClH/c1-12(11-21-2)16(24)22-14-10-13(17(18,19)20)6-7-15(14)23-8-4-3-5-9-23;;/h6-7,10,12,21H,3-5,8-9,11H2,1-2H3,(H,22,24);2*1H. The van der Waals surface area contributed by atoms with E-state index in [0.29, 0.717) is 12.2 Å². The molecule has 0 saturated carbocycles. The molecule has 0 spiro atoms. The summed E-state index contributed by atoms with van der Waals surface area (Å²) in [5, 5.41) is 5.58. The molecular weight excluding hydrogens is 390 g/mol. The molecule has 1 heterocycles. The third kappa shape index (κ3) is 6.52. The van der Waals surface area contributed by atoms with Crippen LogP contribution in [0.5, 0.6) is 0 Å². The predicted molar refractivity (Wildman–Crippen MR) is 104 cm³/mol. The molecule has 1 fully saturated rings. The fourth-order valence-electron chi connectivity index (χ4n) is 2.88. The Morgan fingerprint density at radius 3 is 2.35 bits per heavy atom. The van der Waals surface area contributed by atoms with Gasteiger partial charge in [-0.1, -0.05) is 6.92 Å². The first-order valence-electron chi connectivity index (χ1n) is 8.24. The zero-order valence-corrected chi connectivity index (χ0v) is 16.5. The summed E-state index contributed by atoms with van der Waals surface area (Å²) >= 11 is 0. The monoisotopic (exact) mass is 415 g/mol. The summed E-state index contributed by atoms with van der Waals surface area (Å²) < 4.78 is 39.1. The summed E-state index contributed by atoms with van der Waals surface area (Å²) in [7, 11) is 1.73. The van der Waals surface area contributed by atoms with Gasteiger partial charge in [-0.2, -0.15) is 13.2 Å². The largest absolute Gasteiger partial charge is 0.416 e. The lowest BCUT2D eigenvalue weighted by Crippen LogP contribution is -2.32. The Kier molecular flexibility index (Phi) is 10.4. The van der Waals surface area contributed by atoms with Gasteiger partial charge in [0.25, 0.3) is 0 Å². The highest BCUT2D eigenvalue weighted by molar-refractivity contribution is 5.96. The van der Waals surface area contributed by atoms with Crippen molar-refractivity contribution in [3.05, 3.63) is 23.8 Å². The van der Waals surface area contributed by atoms with Crippen molar-refractivity contribution < 1.29 is 18.0 Å². The zero-order valence-electron chi connectivity index (χ0n) is 14.9. The van der Waals surface area contributed by atoms with E-state index >= 15 is 0 Å². The van der Waals surface area contributed by atoms with Crippen molar-refractivity contribution in [1.82, 2.24) is 5.32 Å².